The summed E-state index contributed by atoms with van der Waals surface area (Å²) >= 11 is 0. The lowest BCUT2D eigenvalue weighted by atomic mass is 9.69. The molecule has 1 amide bonds. The fourth-order valence-corrected chi connectivity index (χ4v) is 5.98. The molecule has 8 atom stereocenters. The summed E-state index contributed by atoms with van der Waals surface area (Å²) < 4.78 is 10.9. The van der Waals surface area contributed by atoms with Gasteiger partial charge in [0.2, 0.25) is 0 Å². The highest BCUT2D eigenvalue weighted by Crippen LogP contribution is 2.75. The largest absolute Gasteiger partial charge is 0.449 e. The van der Waals surface area contributed by atoms with Crippen LogP contribution in [0.5, 0.6) is 0 Å². The summed E-state index contributed by atoms with van der Waals surface area (Å²) in [4.78, 5) is 41.4. The predicted molar refractivity (Wildman–Crippen MR) is 78.0 cm³/mol. The first-order valence-electron chi connectivity index (χ1n) is 7.94. The quantitative estimate of drug-likeness (QED) is 0.575. The topological polar surface area (TPSA) is 128 Å². The fourth-order valence-electron chi connectivity index (χ4n) is 5.98. The number of carbonyl (C=O) groups excluding carboxylic acids is 3. The molecule has 5 saturated heterocycles. The molecule has 128 valence electrons. The van der Waals surface area contributed by atoms with E-state index in [1.54, 1.807) is 14.0 Å². The molecule has 6 bridgehead atoms. The Morgan fingerprint density at radius 1 is 1.42 bits per heavy atom. The van der Waals surface area contributed by atoms with Crippen molar-refractivity contribution < 1.29 is 23.9 Å². The number of carbonyl (C=O) groups is 3. The van der Waals surface area contributed by atoms with Gasteiger partial charge >= 0.3 is 6.09 Å². The maximum atomic E-state index is 13.2. The van der Waals surface area contributed by atoms with Gasteiger partial charge < -0.3 is 20.9 Å². The predicted octanol–water partition coefficient (Wildman–Crippen LogP) is -1.87. The van der Waals surface area contributed by atoms with Gasteiger partial charge in [-0.25, -0.2) is 9.69 Å². The Kier molecular flexibility index (Phi) is 2.29. The first-order valence-corrected chi connectivity index (χ1v) is 7.94. The van der Waals surface area contributed by atoms with Crippen LogP contribution in [0.2, 0.25) is 0 Å². The van der Waals surface area contributed by atoms with Crippen LogP contribution < -0.4 is 11.5 Å². The molecule has 9 nitrogen and oxygen atoms in total. The SMILES string of the molecule is CO[C@]12[C@H](COC(N)=O)[C@H]3C(=O)C(N)=C(C)C(=O)[C@]34N3[C@H]1[C@@H]3CN24. The number of piperidine rings is 1. The summed E-state index contributed by atoms with van der Waals surface area (Å²) in [5.41, 5.74) is 9.46. The Morgan fingerprint density at radius 3 is 2.71 bits per heavy atom. The molecule has 6 rings (SSSR count). The highest BCUT2D eigenvalue weighted by atomic mass is 16.6. The molecule has 24 heavy (non-hydrogen) atoms. The Morgan fingerprint density at radius 2 is 2.12 bits per heavy atom. The van der Waals surface area contributed by atoms with Gasteiger partial charge in [-0.1, -0.05) is 0 Å². The van der Waals surface area contributed by atoms with Crippen molar-refractivity contribution in [2.75, 3.05) is 20.3 Å². The summed E-state index contributed by atoms with van der Waals surface area (Å²) in [5.74, 6) is -1.61. The van der Waals surface area contributed by atoms with Crippen molar-refractivity contribution in [3.8, 4) is 0 Å². The molecule has 1 spiro atoms. The summed E-state index contributed by atoms with van der Waals surface area (Å²) in [5, 5.41) is 0. The summed E-state index contributed by atoms with van der Waals surface area (Å²) in [6.45, 7) is 2.18. The van der Waals surface area contributed by atoms with E-state index in [1.807, 2.05) is 4.90 Å². The molecule has 0 saturated carbocycles. The summed E-state index contributed by atoms with van der Waals surface area (Å²) in [7, 11) is 1.57. The van der Waals surface area contributed by atoms with Crippen LogP contribution in [0.1, 0.15) is 6.92 Å². The highest BCUT2D eigenvalue weighted by Gasteiger charge is 2.95. The van der Waals surface area contributed by atoms with Gasteiger partial charge in [0.05, 0.1) is 23.6 Å². The third-order valence-electron chi connectivity index (χ3n) is 6.68. The zero-order valence-corrected chi connectivity index (χ0v) is 13.3. The molecule has 9 heteroatoms. The van der Waals surface area contributed by atoms with Crippen LogP contribution in [0.4, 0.5) is 4.79 Å². The van der Waals surface area contributed by atoms with Gasteiger partial charge in [-0.15, -0.1) is 0 Å². The fraction of sp³-hybridized carbons (Fsp3) is 0.667. The van der Waals surface area contributed by atoms with Crippen molar-refractivity contribution in [1.29, 1.82) is 0 Å². The molecule has 0 aromatic rings. The van der Waals surface area contributed by atoms with Gasteiger partial charge in [0, 0.05) is 25.3 Å². The molecule has 0 aromatic heterocycles. The van der Waals surface area contributed by atoms with E-state index in [0.717, 1.165) is 0 Å². The normalized spacial score (nSPS) is 52.8. The Labute approximate surface area is 137 Å². The van der Waals surface area contributed by atoms with Gasteiger partial charge in [-0.2, -0.15) is 0 Å². The molecule has 1 aliphatic carbocycles. The minimum atomic E-state index is -1.04. The molecule has 0 aromatic carbocycles. The standard InChI is InChI=1S/C15H18N4O5/c1-5-9(16)10(20)8-6(4-24-13(17)22)15(23-2)11-7-3-18(15)14(8,12(5)21)19(7)11/h6-8,11H,3-4,16H2,1-2H3,(H2,17,22)/t6-,7+,8+,11+,14-,15-,19?/m1/s1. The second-order valence-electron chi connectivity index (χ2n) is 7.16. The smallest absolute Gasteiger partial charge is 0.404 e. The van der Waals surface area contributed by atoms with E-state index >= 15 is 0 Å². The Balaban J connectivity index is 1.70. The zero-order valence-electron chi connectivity index (χ0n) is 13.3. The lowest BCUT2D eigenvalue weighted by Gasteiger charge is -2.40. The number of rotatable bonds is 3. The van der Waals surface area contributed by atoms with E-state index in [1.165, 1.54) is 0 Å². The zero-order chi connectivity index (χ0) is 17.2. The number of allylic oxidation sites excluding steroid dienone is 1. The van der Waals surface area contributed by atoms with Crippen LogP contribution in [-0.2, 0) is 19.1 Å². The van der Waals surface area contributed by atoms with Crippen molar-refractivity contribution in [1.82, 2.24) is 9.80 Å². The van der Waals surface area contributed by atoms with Crippen molar-refractivity contribution in [3.05, 3.63) is 11.3 Å². The number of methoxy groups -OCH3 is 1. The average molecular weight is 334 g/mol. The van der Waals surface area contributed by atoms with Crippen LogP contribution in [0, 0.1) is 11.8 Å². The van der Waals surface area contributed by atoms with E-state index in [0.29, 0.717) is 12.1 Å². The van der Waals surface area contributed by atoms with Gasteiger partial charge in [0.25, 0.3) is 0 Å². The van der Waals surface area contributed by atoms with Crippen LogP contribution >= 0.6 is 0 Å². The van der Waals surface area contributed by atoms with Crippen LogP contribution in [-0.4, -0.2) is 71.2 Å². The number of piperazine rings is 1. The number of ketones is 2. The molecule has 0 radical (unpaired) electrons. The number of nitrogens with two attached hydrogens (primary N) is 2. The monoisotopic (exact) mass is 334 g/mol. The molecule has 6 aliphatic rings. The lowest BCUT2D eigenvalue weighted by molar-refractivity contribution is -0.141. The van der Waals surface area contributed by atoms with Crippen molar-refractivity contribution >= 4 is 17.7 Å². The van der Waals surface area contributed by atoms with Crippen LogP contribution in [0.3, 0.4) is 0 Å². The molecule has 2 unspecified atom stereocenters. The Bertz CT molecular complexity index is 765. The molecule has 4 N–H and O–H groups in total. The third-order valence-corrected chi connectivity index (χ3v) is 6.68. The van der Waals surface area contributed by atoms with Crippen molar-refractivity contribution in [2.45, 2.75) is 30.4 Å². The van der Waals surface area contributed by atoms with Gasteiger partial charge in [-0.3, -0.25) is 14.5 Å². The van der Waals surface area contributed by atoms with Crippen molar-refractivity contribution in [3.63, 3.8) is 0 Å². The number of hydrogen-bond acceptors (Lipinski definition) is 8. The third kappa shape index (κ3) is 1.08. The minimum Gasteiger partial charge on any atom is -0.449 e. The highest BCUT2D eigenvalue weighted by molar-refractivity contribution is 6.18. The molecule has 5 heterocycles. The molecule has 5 aliphatic heterocycles. The summed E-state index contributed by atoms with van der Waals surface area (Å²) in [6.07, 6.45) is -0.914. The van der Waals surface area contributed by atoms with Crippen molar-refractivity contribution in [2.24, 2.45) is 23.3 Å². The maximum Gasteiger partial charge on any atom is 0.404 e. The first-order chi connectivity index (χ1) is 11.3. The number of Topliss-reactive ketones (excluding diaryl/α,β-unsaturated/α-hetero) is 2. The number of ether oxygens (including phenoxy) is 2. The molecule has 5 fully saturated rings. The maximum absolute atomic E-state index is 13.2. The average Bonchev–Trinajstić information content (AvgIpc) is 2.87. The lowest BCUT2D eigenvalue weighted by Crippen LogP contribution is -2.61. The van der Waals surface area contributed by atoms with Gasteiger partial charge in [0.15, 0.2) is 17.2 Å². The molecular weight excluding hydrogens is 316 g/mol. The van der Waals surface area contributed by atoms with Crippen LogP contribution in [0.15, 0.2) is 11.3 Å². The van der Waals surface area contributed by atoms with Gasteiger partial charge in [-0.05, 0) is 6.92 Å². The van der Waals surface area contributed by atoms with Crippen LogP contribution in [0.25, 0.3) is 0 Å². The second kappa shape index (κ2) is 3.81. The van der Waals surface area contributed by atoms with E-state index in [-0.39, 0.29) is 36.0 Å². The second-order valence-corrected chi connectivity index (χ2v) is 7.16. The first kappa shape index (κ1) is 14.4. The van der Waals surface area contributed by atoms with E-state index < -0.39 is 29.3 Å². The summed E-state index contributed by atoms with van der Waals surface area (Å²) in [6, 6.07) is 0.221. The number of nitrogens with zero attached hydrogens (tertiary/aromatic N) is 2. The minimum absolute atomic E-state index is 0.00435. The molecular formula is C15H18N4O5. The van der Waals surface area contributed by atoms with E-state index in [2.05, 4.69) is 4.90 Å². The Hall–Kier alpha value is -1.97. The number of amides is 1. The van der Waals surface area contributed by atoms with E-state index in [4.69, 9.17) is 20.9 Å². The number of hydrogen-bond donors (Lipinski definition) is 2. The van der Waals surface area contributed by atoms with E-state index in [9.17, 15) is 14.4 Å². The number of primary amides is 1. The van der Waals surface area contributed by atoms with Gasteiger partial charge in [0.1, 0.15) is 12.3 Å².